The van der Waals surface area contributed by atoms with Crippen molar-refractivity contribution in [1.29, 1.82) is 0 Å². The van der Waals surface area contributed by atoms with E-state index in [1.165, 1.54) is 12.2 Å². The largest absolute Gasteiger partial charge is 0.481 e. The molecule has 0 aliphatic heterocycles. The molecule has 2 N–H and O–H groups in total. The van der Waals surface area contributed by atoms with Gasteiger partial charge in [0.1, 0.15) is 4.91 Å². The lowest BCUT2D eigenvalue weighted by atomic mass is 10.1. The van der Waals surface area contributed by atoms with Crippen molar-refractivity contribution in [1.82, 2.24) is 4.72 Å². The smallest absolute Gasteiger partial charge is 0.303 e. The Morgan fingerprint density at radius 3 is 2.35 bits per heavy atom. The summed E-state index contributed by atoms with van der Waals surface area (Å²) in [6.45, 7) is 7.14. The van der Waals surface area contributed by atoms with Crippen molar-refractivity contribution in [3.63, 3.8) is 0 Å². The quantitative estimate of drug-likeness (QED) is 0.175. The zero-order valence-electron chi connectivity index (χ0n) is 13.2. The Balaban J connectivity index is 4.29. The van der Waals surface area contributed by atoms with E-state index < -0.39 is 26.3 Å². The first-order valence-corrected chi connectivity index (χ1v) is 8.95. The zero-order valence-corrected chi connectivity index (χ0v) is 14.0. The Kier molecular flexibility index (Phi) is 9.84. The fraction of sp³-hybridized carbons (Fsp3) is 0.467. The van der Waals surface area contributed by atoms with Crippen LogP contribution >= 0.6 is 0 Å². The molecule has 8 heteroatoms. The molecular weight excluding hydrogens is 320 g/mol. The zero-order chi connectivity index (χ0) is 17.9. The number of aliphatic carboxylic acids is 1. The maximum Gasteiger partial charge on any atom is 0.303 e. The molecule has 23 heavy (non-hydrogen) atoms. The minimum Gasteiger partial charge on any atom is -0.481 e. The van der Waals surface area contributed by atoms with E-state index in [9.17, 15) is 19.1 Å². The normalized spacial score (nSPS) is 14.0. The molecule has 0 bridgehead atoms. The van der Waals surface area contributed by atoms with Gasteiger partial charge in [-0.15, -0.1) is 0 Å². The molecule has 130 valence electrons. The van der Waals surface area contributed by atoms with Gasteiger partial charge in [-0.25, -0.2) is 8.93 Å². The molecule has 0 fully saturated rings. The van der Waals surface area contributed by atoms with Crippen LogP contribution in [0.2, 0.25) is 0 Å². The lowest BCUT2D eigenvalue weighted by molar-refractivity contribution is -0.419. The second-order valence-corrected chi connectivity index (χ2v) is 7.03. The molecule has 0 amide bonds. The van der Waals surface area contributed by atoms with Crippen LogP contribution in [0.4, 0.5) is 0 Å². The molecule has 0 saturated heterocycles. The Labute approximate surface area is 137 Å². The number of carboxylic acids is 1. The second kappa shape index (κ2) is 10.7. The van der Waals surface area contributed by atoms with Gasteiger partial charge in [0.15, 0.2) is 0 Å². The van der Waals surface area contributed by atoms with E-state index in [4.69, 9.17) is 5.11 Å². The Hall–Kier alpha value is -1.93. The van der Waals surface area contributed by atoms with Crippen molar-refractivity contribution in [2.75, 3.05) is 6.54 Å². The number of unbranched alkanes of at least 4 members (excludes halogenated alkanes) is 4. The number of rotatable bonds is 13. The van der Waals surface area contributed by atoms with Crippen LogP contribution in [0.1, 0.15) is 38.5 Å². The van der Waals surface area contributed by atoms with Crippen molar-refractivity contribution in [3.8, 4) is 0 Å². The van der Waals surface area contributed by atoms with Crippen LogP contribution in [-0.2, 0) is 14.5 Å². The third-order valence-electron chi connectivity index (χ3n) is 3.03. The van der Waals surface area contributed by atoms with Crippen molar-refractivity contribution < 1.29 is 19.0 Å². The number of hydrogen-bond donors (Lipinski definition) is 2. The minimum atomic E-state index is -3.02. The van der Waals surface area contributed by atoms with Gasteiger partial charge in [0.25, 0.3) is 5.70 Å². The average molecular weight is 344 g/mol. The lowest BCUT2D eigenvalue weighted by Gasteiger charge is -2.12. The first kappa shape index (κ1) is 21.1. The van der Waals surface area contributed by atoms with Gasteiger partial charge in [-0.3, -0.25) is 14.9 Å². The monoisotopic (exact) mass is 344 g/mol. The number of nitro groups is 1. The Morgan fingerprint density at radius 2 is 1.83 bits per heavy atom. The molecule has 0 aliphatic rings. The van der Waals surface area contributed by atoms with E-state index in [2.05, 4.69) is 23.8 Å². The number of carbonyl (C=O) groups is 1. The van der Waals surface area contributed by atoms with E-state index in [0.717, 1.165) is 19.3 Å². The molecule has 0 aromatic carbocycles. The van der Waals surface area contributed by atoms with E-state index in [1.54, 1.807) is 0 Å². The molecule has 0 spiro atoms. The van der Waals surface area contributed by atoms with Gasteiger partial charge in [0, 0.05) is 13.0 Å². The molecule has 7 nitrogen and oxygen atoms in total. The van der Waals surface area contributed by atoms with Crippen LogP contribution in [0, 0.1) is 10.1 Å². The fourth-order valence-corrected chi connectivity index (χ4v) is 3.24. The molecule has 1 atom stereocenters. The highest BCUT2D eigenvalue weighted by Gasteiger charge is 2.22. The second-order valence-electron chi connectivity index (χ2n) is 4.95. The number of nitrogens with one attached hydrogen (secondary N) is 1. The highest BCUT2D eigenvalue weighted by atomic mass is 32.2. The van der Waals surface area contributed by atoms with Crippen LogP contribution in [0.15, 0.2) is 35.9 Å². The van der Waals surface area contributed by atoms with Crippen molar-refractivity contribution in [2.24, 2.45) is 0 Å². The summed E-state index contributed by atoms with van der Waals surface area (Å²) in [7, 11) is -3.02. The summed E-state index contributed by atoms with van der Waals surface area (Å²) >= 11 is 0. The first-order chi connectivity index (χ1) is 10.7. The van der Waals surface area contributed by atoms with E-state index in [1.807, 2.05) is 0 Å². The standard InChI is InChI=1S/C15H24N2O5S/c1-4-10-14(13(2)17(20)21)23(3,22)16-12-9-7-5-6-8-11-15(18)19/h4,10H,1-3,5-9,11-12H2,(H,16,22)(H,18,19)/b14-10+. The lowest BCUT2D eigenvalue weighted by Crippen LogP contribution is -2.27. The molecule has 0 rings (SSSR count). The maximum atomic E-state index is 12.5. The van der Waals surface area contributed by atoms with Crippen LogP contribution in [0.3, 0.4) is 0 Å². The van der Waals surface area contributed by atoms with Gasteiger partial charge in [0.05, 0.1) is 14.6 Å². The van der Waals surface area contributed by atoms with E-state index in [-0.39, 0.29) is 11.3 Å². The molecule has 0 heterocycles. The van der Waals surface area contributed by atoms with Gasteiger partial charge in [-0.05, 0) is 31.4 Å². The van der Waals surface area contributed by atoms with E-state index in [0.29, 0.717) is 19.4 Å². The molecule has 0 radical (unpaired) electrons. The van der Waals surface area contributed by atoms with Gasteiger partial charge in [0.2, 0.25) is 0 Å². The molecule has 1 unspecified atom stereocenters. The third kappa shape index (κ3) is 8.94. The Morgan fingerprint density at radius 1 is 1.26 bits per heavy atom. The highest BCUT2D eigenvalue weighted by Crippen LogP contribution is 2.15. The number of hydrogen-bond acceptors (Lipinski definition) is 4. The van der Waals surface area contributed by atoms with Crippen molar-refractivity contribution in [3.05, 3.63) is 46.0 Å². The molecule has 0 aromatic heterocycles. The molecular formula is C15H24N2O5S. The summed E-state index contributed by atoms with van der Waals surface area (Å²) in [6.07, 6.45) is 6.66. The van der Waals surface area contributed by atoms with Crippen molar-refractivity contribution in [2.45, 2.75) is 38.5 Å². The number of carboxylic acid groups (broad SMARTS) is 1. The summed E-state index contributed by atoms with van der Waals surface area (Å²) < 4.78 is 15.2. The first-order valence-electron chi connectivity index (χ1n) is 7.22. The highest BCUT2D eigenvalue weighted by molar-refractivity contribution is 8.02. The third-order valence-corrected chi connectivity index (χ3v) is 4.78. The molecule has 0 aromatic rings. The summed E-state index contributed by atoms with van der Waals surface area (Å²) in [6, 6.07) is 0. The summed E-state index contributed by atoms with van der Waals surface area (Å²) in [4.78, 5) is 20.4. The predicted molar refractivity (Wildman–Crippen MR) is 93.0 cm³/mol. The molecule has 0 saturated carbocycles. The Bertz CT molecular complexity index is 579. The minimum absolute atomic E-state index is 0.0704. The number of nitrogens with zero attached hydrogens (tertiary/aromatic N) is 1. The van der Waals surface area contributed by atoms with Crippen LogP contribution < -0.4 is 4.72 Å². The summed E-state index contributed by atoms with van der Waals surface area (Å²) in [5.74, 6) is 2.73. The molecule has 0 aliphatic carbocycles. The maximum absolute atomic E-state index is 12.5. The summed E-state index contributed by atoms with van der Waals surface area (Å²) in [5.41, 5.74) is -0.467. The SMILES string of the molecule is C=C/C=C(\C(=C)[N+](=O)[O-])S(=C)(=O)NCCCCCCCC(=O)O. The van der Waals surface area contributed by atoms with Crippen molar-refractivity contribution >= 4 is 21.5 Å². The van der Waals surface area contributed by atoms with Crippen LogP contribution in [0.5, 0.6) is 0 Å². The van der Waals surface area contributed by atoms with Gasteiger partial charge >= 0.3 is 5.97 Å². The van der Waals surface area contributed by atoms with Gasteiger partial charge < -0.3 is 5.11 Å². The fourth-order valence-electron chi connectivity index (χ4n) is 1.84. The van der Waals surface area contributed by atoms with Gasteiger partial charge in [-0.1, -0.05) is 31.9 Å². The predicted octanol–water partition coefficient (Wildman–Crippen LogP) is 2.49. The average Bonchev–Trinajstić information content (AvgIpc) is 2.46. The van der Waals surface area contributed by atoms with E-state index >= 15 is 0 Å². The topological polar surface area (TPSA) is 110 Å². The number of allylic oxidation sites excluding steroid dienone is 2. The summed E-state index contributed by atoms with van der Waals surface area (Å²) in [5, 5.41) is 19.3. The van der Waals surface area contributed by atoms with Gasteiger partial charge in [-0.2, -0.15) is 0 Å². The van der Waals surface area contributed by atoms with Crippen LogP contribution in [0.25, 0.3) is 0 Å². The van der Waals surface area contributed by atoms with Crippen LogP contribution in [-0.4, -0.2) is 32.6 Å².